The molecule has 8 heteroatoms. The van der Waals surface area contributed by atoms with E-state index in [1.54, 1.807) is 0 Å². The minimum absolute atomic E-state index is 0.272. The molecule has 0 bridgehead atoms. The molecule has 0 unspecified atom stereocenters. The maximum atomic E-state index is 8.43. The van der Waals surface area contributed by atoms with Crippen LogP contribution in [0.2, 0.25) is 0 Å². The largest absolute Gasteiger partial charge is 0.496 e. The maximum Gasteiger partial charge on any atom is 0.126 e. The molecule has 0 amide bonds. The normalized spacial score (nSPS) is 14.1. The van der Waals surface area contributed by atoms with Crippen molar-refractivity contribution >= 4 is 37.5 Å². The van der Waals surface area contributed by atoms with Crippen molar-refractivity contribution in [2.24, 2.45) is 0 Å². The summed E-state index contributed by atoms with van der Waals surface area (Å²) in [6.07, 6.45) is -1.28. The Labute approximate surface area is 500 Å². The summed E-state index contributed by atoms with van der Waals surface area (Å²) in [6.45, 7) is 54.8. The molecule has 0 saturated carbocycles. The molecule has 2 atom stereocenters. The first-order chi connectivity index (χ1) is 37.6. The third-order valence-corrected chi connectivity index (χ3v) is 19.3. The van der Waals surface area contributed by atoms with Crippen molar-refractivity contribution in [1.82, 2.24) is 0 Å². The van der Waals surface area contributed by atoms with Crippen LogP contribution in [-0.2, 0) is 52.4 Å². The summed E-state index contributed by atoms with van der Waals surface area (Å²) in [5.74, 6) is 3.68. The van der Waals surface area contributed by atoms with Gasteiger partial charge >= 0.3 is 0 Å². The molecule has 0 saturated heterocycles. The molecule has 6 rings (SSSR count). The Morgan fingerprint density at radius 3 is 0.549 bits per heavy atom. The smallest absolute Gasteiger partial charge is 0.126 e. The average molecular weight is 1150 g/mol. The van der Waals surface area contributed by atoms with Gasteiger partial charge in [0.2, 0.25) is 0 Å². The number of methoxy groups -OCH3 is 4. The molecule has 6 aromatic carbocycles. The van der Waals surface area contributed by atoms with E-state index in [2.05, 4.69) is 275 Å². The molecular weight excluding hydrogens is 1050 g/mol. The summed E-state index contributed by atoms with van der Waals surface area (Å²) in [5.41, 5.74) is 8.95. The summed E-state index contributed by atoms with van der Waals surface area (Å²) < 4.78 is 42.7. The van der Waals surface area contributed by atoms with Gasteiger partial charge in [-0.05, 0) is 103 Å². The van der Waals surface area contributed by atoms with E-state index < -0.39 is 28.5 Å². The van der Waals surface area contributed by atoms with Crippen LogP contribution in [0.4, 0.5) is 0 Å². The molecule has 6 nitrogen and oxygen atoms in total. The Balaban J connectivity index is 1.86. The first-order valence-electron chi connectivity index (χ1n) is 29.5. The standard InChI is InChI=1S/C74H104O6P2/c1-67(2,3)53-39-49(40-54(63(53)75-25)68(4,5)6)81(50-41-55(69(7,8)9)64(76-26)56(42-50)70(10,11)12)79-61(47-35-31-29-32-36-47)62(48-37-33-30-34-38-48)80-82(51-43-57(71(13,14)15)65(77-27)58(44-51)72(16,17)18)52-45-59(73(19,20)21)66(78-28)60(46-52)74(22,23)24/h29-46,61-62H,1-28H3/t61-,62-/m0/s1. The van der Waals surface area contributed by atoms with Gasteiger partial charge in [0, 0.05) is 65.7 Å². The van der Waals surface area contributed by atoms with Crippen LogP contribution < -0.4 is 40.2 Å². The molecule has 82 heavy (non-hydrogen) atoms. The third-order valence-electron chi connectivity index (χ3n) is 15.5. The van der Waals surface area contributed by atoms with Crippen LogP contribution in [0.5, 0.6) is 23.0 Å². The Bertz CT molecular complexity index is 2630. The van der Waals surface area contributed by atoms with Crippen molar-refractivity contribution in [3.8, 4) is 23.0 Å². The molecule has 0 heterocycles. The highest BCUT2D eigenvalue weighted by molar-refractivity contribution is 7.69. The molecule has 446 valence electrons. The zero-order chi connectivity index (χ0) is 61.7. The Kier molecular flexibility index (Phi) is 19.7. The number of hydrogen-bond donors (Lipinski definition) is 0. The Morgan fingerprint density at radius 1 is 0.256 bits per heavy atom. The highest BCUT2D eigenvalue weighted by atomic mass is 31.1. The van der Waals surface area contributed by atoms with Crippen molar-refractivity contribution in [3.05, 3.63) is 165 Å². The molecule has 0 aliphatic heterocycles. The predicted octanol–water partition coefficient (Wildman–Crippen LogP) is 19.0. The van der Waals surface area contributed by atoms with Gasteiger partial charge in [-0.1, -0.05) is 227 Å². The van der Waals surface area contributed by atoms with E-state index in [1.165, 1.54) is 0 Å². The van der Waals surface area contributed by atoms with Gasteiger partial charge in [-0.3, -0.25) is 0 Å². The van der Waals surface area contributed by atoms with Crippen LogP contribution in [0.15, 0.2) is 109 Å². The summed E-state index contributed by atoms with van der Waals surface area (Å²) >= 11 is 0. The van der Waals surface area contributed by atoms with E-state index >= 15 is 0 Å². The van der Waals surface area contributed by atoms with Crippen LogP contribution in [-0.4, -0.2) is 28.4 Å². The van der Waals surface area contributed by atoms with Gasteiger partial charge in [0.1, 0.15) is 35.2 Å². The van der Waals surface area contributed by atoms with Crippen LogP contribution in [0.25, 0.3) is 0 Å². The van der Waals surface area contributed by atoms with Gasteiger partial charge in [0.15, 0.2) is 0 Å². The predicted molar refractivity (Wildman–Crippen MR) is 354 cm³/mol. The van der Waals surface area contributed by atoms with Gasteiger partial charge in [0.25, 0.3) is 0 Å². The number of benzene rings is 6. The van der Waals surface area contributed by atoms with Crippen molar-refractivity contribution in [3.63, 3.8) is 0 Å². The van der Waals surface area contributed by atoms with Crippen molar-refractivity contribution in [2.45, 2.75) is 222 Å². The molecule has 0 aliphatic rings. The first kappa shape index (κ1) is 66.4. The van der Waals surface area contributed by atoms with Crippen LogP contribution >= 0.6 is 16.3 Å². The van der Waals surface area contributed by atoms with Crippen LogP contribution in [0.3, 0.4) is 0 Å². The minimum atomic E-state index is -1.67. The van der Waals surface area contributed by atoms with Crippen LogP contribution in [0.1, 0.15) is 234 Å². The van der Waals surface area contributed by atoms with Gasteiger partial charge in [-0.25, -0.2) is 0 Å². The third kappa shape index (κ3) is 14.9. The maximum absolute atomic E-state index is 8.43. The summed E-state index contributed by atoms with van der Waals surface area (Å²) in [4.78, 5) is 0. The lowest BCUT2D eigenvalue weighted by Gasteiger charge is -2.38. The molecule has 0 spiro atoms. The highest BCUT2D eigenvalue weighted by Gasteiger charge is 2.40. The van der Waals surface area contributed by atoms with E-state index in [9.17, 15) is 0 Å². The fourth-order valence-electron chi connectivity index (χ4n) is 10.9. The lowest BCUT2D eigenvalue weighted by Crippen LogP contribution is -2.29. The SMILES string of the molecule is COc1c(C(C)(C)C)cc(P(O[C@@H](c2ccccc2)[C@@H](OP(c2cc(C(C)(C)C)c(OC)c(C(C)(C)C)c2)c2cc(C(C)(C)C)c(OC)c(C(C)(C)C)c2)c2ccccc2)c2cc(C(C)(C)C)c(OC)c(C(C)(C)C)c2)cc1C(C)(C)C. The second-order valence-electron chi connectivity index (χ2n) is 30.8. The minimum Gasteiger partial charge on any atom is -0.496 e. The monoisotopic (exact) mass is 1150 g/mol. The lowest BCUT2D eigenvalue weighted by atomic mass is 9.79. The highest BCUT2D eigenvalue weighted by Crippen LogP contribution is 2.56. The fraction of sp³-hybridized carbons (Fsp3) is 0.514. The van der Waals surface area contributed by atoms with E-state index in [4.69, 9.17) is 28.0 Å². The topological polar surface area (TPSA) is 55.4 Å². The van der Waals surface area contributed by atoms with Gasteiger partial charge < -0.3 is 28.0 Å². The number of ether oxygens (including phenoxy) is 4. The second-order valence-corrected chi connectivity index (χ2v) is 34.4. The van der Waals surface area contributed by atoms with Crippen LogP contribution in [0, 0.1) is 0 Å². The molecule has 0 aliphatic carbocycles. The van der Waals surface area contributed by atoms with Crippen molar-refractivity contribution < 1.29 is 28.0 Å². The quantitative estimate of drug-likeness (QED) is 0.0955. The molecule has 6 aromatic rings. The van der Waals surface area contributed by atoms with Gasteiger partial charge in [0.05, 0.1) is 44.7 Å². The second kappa shape index (κ2) is 24.3. The molecular formula is C74H104O6P2. The lowest BCUT2D eigenvalue weighted by molar-refractivity contribution is 0.0749. The summed E-state index contributed by atoms with van der Waals surface area (Å²) in [5, 5.41) is 4.41. The first-order valence-corrected chi connectivity index (χ1v) is 32.1. The van der Waals surface area contributed by atoms with Gasteiger partial charge in [-0.15, -0.1) is 0 Å². The van der Waals surface area contributed by atoms with Crippen molar-refractivity contribution in [1.29, 1.82) is 0 Å². The fourth-order valence-corrected chi connectivity index (χ4v) is 14.9. The van der Waals surface area contributed by atoms with E-state index in [-0.39, 0.29) is 43.3 Å². The van der Waals surface area contributed by atoms with Gasteiger partial charge in [-0.2, -0.15) is 0 Å². The Morgan fingerprint density at radius 2 is 0.415 bits per heavy atom. The van der Waals surface area contributed by atoms with E-state index in [0.717, 1.165) is 99.9 Å². The van der Waals surface area contributed by atoms with Crippen molar-refractivity contribution in [2.75, 3.05) is 28.4 Å². The zero-order valence-corrected chi connectivity index (χ0v) is 57.7. The number of hydrogen-bond acceptors (Lipinski definition) is 6. The number of rotatable bonds is 15. The Hall–Kier alpha value is -4.70. The molecule has 0 aromatic heterocycles. The summed E-state index contributed by atoms with van der Waals surface area (Å²) in [7, 11) is 3.91. The molecule has 0 radical (unpaired) electrons. The zero-order valence-electron chi connectivity index (χ0n) is 55.9. The average Bonchev–Trinajstić information content (AvgIpc) is 3.34. The van der Waals surface area contributed by atoms with E-state index in [1.807, 2.05) is 28.4 Å². The summed E-state index contributed by atoms with van der Waals surface area (Å²) in [6, 6.07) is 40.6. The van der Waals surface area contributed by atoms with E-state index in [0.29, 0.717) is 0 Å². The molecule has 0 fully saturated rings. The molecule has 0 N–H and O–H groups in total.